The van der Waals surface area contributed by atoms with Crippen molar-refractivity contribution in [2.24, 2.45) is 0 Å². The Kier molecular flexibility index (Phi) is 9.31. The van der Waals surface area contributed by atoms with Gasteiger partial charge in [-0.2, -0.15) is 0 Å². The maximum atomic E-state index is 12.3. The lowest BCUT2D eigenvalue weighted by Crippen LogP contribution is -2.37. The molecule has 0 aliphatic rings. The predicted molar refractivity (Wildman–Crippen MR) is 110 cm³/mol. The van der Waals surface area contributed by atoms with Gasteiger partial charge in [-0.15, -0.1) is 0 Å². The van der Waals surface area contributed by atoms with Gasteiger partial charge in [0.05, 0.1) is 34.2 Å². The van der Waals surface area contributed by atoms with Gasteiger partial charge in [0.1, 0.15) is 18.9 Å². The molecule has 0 amide bonds. The van der Waals surface area contributed by atoms with Crippen molar-refractivity contribution >= 4 is 13.8 Å². The summed E-state index contributed by atoms with van der Waals surface area (Å²) < 4.78 is 27.9. The summed E-state index contributed by atoms with van der Waals surface area (Å²) in [5, 5.41) is 0. The van der Waals surface area contributed by atoms with Gasteiger partial charge in [0.2, 0.25) is 0 Å². The van der Waals surface area contributed by atoms with E-state index in [-0.39, 0.29) is 31.5 Å². The molecule has 0 saturated heterocycles. The highest BCUT2D eigenvalue weighted by Crippen LogP contribution is 2.43. The zero-order chi connectivity index (χ0) is 21.5. The Balaban J connectivity index is 2.63. The molecular formula is C20H35NO6P+. The number of likely N-dealkylation sites (N-methyl/N-ethyl adjacent to an activating group) is 1. The highest BCUT2D eigenvalue weighted by molar-refractivity contribution is 7.47. The summed E-state index contributed by atoms with van der Waals surface area (Å²) in [7, 11) is 1.66. The van der Waals surface area contributed by atoms with Crippen molar-refractivity contribution in [1.29, 1.82) is 0 Å². The Hall–Kier alpha value is -1.24. The zero-order valence-corrected chi connectivity index (χ0v) is 19.0. The molecule has 0 fully saturated rings. The number of quaternary nitrogens is 1. The van der Waals surface area contributed by atoms with Crippen LogP contribution in [0.25, 0.3) is 0 Å². The van der Waals surface area contributed by atoms with Gasteiger partial charge in [-0.05, 0) is 23.0 Å². The third-order valence-electron chi connectivity index (χ3n) is 4.11. The minimum absolute atomic E-state index is 0.0846. The molecule has 7 nitrogen and oxygen atoms in total. The van der Waals surface area contributed by atoms with Crippen LogP contribution < -0.4 is 4.74 Å². The summed E-state index contributed by atoms with van der Waals surface area (Å²) in [4.78, 5) is 22.0. The maximum absolute atomic E-state index is 12.3. The molecule has 1 rings (SSSR count). The number of esters is 1. The third kappa shape index (κ3) is 8.84. The second kappa shape index (κ2) is 10.5. The van der Waals surface area contributed by atoms with Crippen LogP contribution in [0.2, 0.25) is 0 Å². The highest BCUT2D eigenvalue weighted by Gasteiger charge is 2.24. The summed E-state index contributed by atoms with van der Waals surface area (Å²) in [5.41, 5.74) is 1.91. The summed E-state index contributed by atoms with van der Waals surface area (Å²) >= 11 is 0. The van der Waals surface area contributed by atoms with E-state index >= 15 is 0 Å². The molecular weight excluding hydrogens is 381 g/mol. The first-order valence-corrected chi connectivity index (χ1v) is 11.1. The molecule has 160 valence electrons. The molecule has 0 aliphatic carbocycles. The lowest BCUT2D eigenvalue weighted by Gasteiger charge is -2.24. The van der Waals surface area contributed by atoms with Crippen molar-refractivity contribution in [3.63, 3.8) is 0 Å². The Morgan fingerprint density at radius 1 is 1.04 bits per heavy atom. The van der Waals surface area contributed by atoms with Gasteiger partial charge >= 0.3 is 13.8 Å². The summed E-state index contributed by atoms with van der Waals surface area (Å²) in [5.74, 6) is 0.459. The number of phosphoric acid groups is 1. The van der Waals surface area contributed by atoms with E-state index in [0.717, 1.165) is 11.1 Å². The topological polar surface area (TPSA) is 82.1 Å². The van der Waals surface area contributed by atoms with E-state index in [4.69, 9.17) is 13.8 Å². The van der Waals surface area contributed by atoms with E-state index < -0.39 is 13.8 Å². The summed E-state index contributed by atoms with van der Waals surface area (Å²) in [6, 6.07) is 5.85. The van der Waals surface area contributed by atoms with E-state index in [2.05, 4.69) is 0 Å². The summed E-state index contributed by atoms with van der Waals surface area (Å²) in [6.07, 6.45) is -0.146. The van der Waals surface area contributed by atoms with Crippen molar-refractivity contribution in [3.05, 3.63) is 29.3 Å². The van der Waals surface area contributed by atoms with E-state index in [1.165, 1.54) is 0 Å². The molecule has 1 N–H and O–H groups in total. The second-order valence-corrected chi connectivity index (χ2v) is 9.90. The maximum Gasteiger partial charge on any atom is 0.472 e. The minimum Gasteiger partial charge on any atom is -0.426 e. The van der Waals surface area contributed by atoms with Crippen LogP contribution in [0.1, 0.15) is 57.1 Å². The molecule has 28 heavy (non-hydrogen) atoms. The molecule has 1 aromatic rings. The van der Waals surface area contributed by atoms with Crippen molar-refractivity contribution in [2.45, 2.75) is 46.0 Å². The monoisotopic (exact) mass is 416 g/mol. The van der Waals surface area contributed by atoms with Gasteiger partial charge < -0.3 is 14.1 Å². The SMILES string of the molecule is CC(C)c1cccc(C(C)C)c1OC(=O)CCOP(=O)(O)OCC[N+](C)(C)C. The van der Waals surface area contributed by atoms with Crippen LogP contribution in [-0.2, 0) is 18.4 Å². The normalized spacial score (nSPS) is 14.4. The van der Waals surface area contributed by atoms with Gasteiger partial charge in [-0.25, -0.2) is 4.57 Å². The molecule has 0 bridgehead atoms. The van der Waals surface area contributed by atoms with Crippen molar-refractivity contribution < 1.29 is 32.5 Å². The summed E-state index contributed by atoms with van der Waals surface area (Å²) in [6.45, 7) is 8.54. The van der Waals surface area contributed by atoms with Crippen LogP contribution in [0, 0.1) is 0 Å². The Morgan fingerprint density at radius 3 is 2.00 bits per heavy atom. The average Bonchev–Trinajstić information content (AvgIpc) is 2.52. The Bertz CT molecular complexity index is 670. The molecule has 1 aromatic carbocycles. The first kappa shape index (κ1) is 24.8. The van der Waals surface area contributed by atoms with Crippen LogP contribution in [0.5, 0.6) is 5.75 Å². The lowest BCUT2D eigenvalue weighted by molar-refractivity contribution is -0.870. The number of para-hydroxylation sites is 1. The average molecular weight is 416 g/mol. The van der Waals surface area contributed by atoms with Crippen molar-refractivity contribution in [2.75, 3.05) is 40.9 Å². The first-order chi connectivity index (χ1) is 12.8. The van der Waals surface area contributed by atoms with E-state index in [9.17, 15) is 14.3 Å². The predicted octanol–water partition coefficient (Wildman–Crippen LogP) is 4.07. The fourth-order valence-electron chi connectivity index (χ4n) is 2.48. The van der Waals surface area contributed by atoms with Gasteiger partial charge in [0.15, 0.2) is 0 Å². The Morgan fingerprint density at radius 2 is 1.54 bits per heavy atom. The molecule has 1 unspecified atom stereocenters. The number of benzene rings is 1. The molecule has 0 heterocycles. The molecule has 0 spiro atoms. The number of phosphoric ester groups is 1. The fraction of sp³-hybridized carbons (Fsp3) is 0.650. The van der Waals surface area contributed by atoms with E-state index in [0.29, 0.717) is 16.8 Å². The third-order valence-corrected chi connectivity index (χ3v) is 5.13. The molecule has 0 saturated carbocycles. The van der Waals surface area contributed by atoms with Gasteiger partial charge in [0.25, 0.3) is 0 Å². The van der Waals surface area contributed by atoms with Crippen LogP contribution in [-0.4, -0.2) is 56.2 Å². The second-order valence-electron chi connectivity index (χ2n) is 8.45. The molecule has 8 heteroatoms. The smallest absolute Gasteiger partial charge is 0.426 e. The number of hydrogen-bond acceptors (Lipinski definition) is 5. The van der Waals surface area contributed by atoms with Crippen LogP contribution in [0.4, 0.5) is 0 Å². The van der Waals surface area contributed by atoms with Gasteiger partial charge in [-0.1, -0.05) is 45.9 Å². The lowest BCUT2D eigenvalue weighted by atomic mass is 9.94. The van der Waals surface area contributed by atoms with Crippen molar-refractivity contribution in [3.8, 4) is 5.75 Å². The number of hydrogen-bond donors (Lipinski definition) is 1. The first-order valence-electron chi connectivity index (χ1n) is 9.58. The largest absolute Gasteiger partial charge is 0.472 e. The molecule has 0 aliphatic heterocycles. The highest BCUT2D eigenvalue weighted by atomic mass is 31.2. The van der Waals surface area contributed by atoms with Crippen LogP contribution in [0.3, 0.4) is 0 Å². The van der Waals surface area contributed by atoms with Gasteiger partial charge in [0, 0.05) is 0 Å². The number of ether oxygens (including phenoxy) is 1. The van der Waals surface area contributed by atoms with Crippen molar-refractivity contribution in [1.82, 2.24) is 0 Å². The molecule has 1 atom stereocenters. The zero-order valence-electron chi connectivity index (χ0n) is 18.1. The van der Waals surface area contributed by atoms with Crippen LogP contribution >= 0.6 is 7.82 Å². The fourth-order valence-corrected chi connectivity index (χ4v) is 3.19. The quantitative estimate of drug-likeness (QED) is 0.253. The standard InChI is InChI=1S/C20H34NO6P/c1-15(2)17-9-8-10-18(16(3)4)20(17)27-19(22)11-13-25-28(23,24)26-14-12-21(5,6)7/h8-10,15-16H,11-14H2,1-7H3/p+1. The van der Waals surface area contributed by atoms with Gasteiger partial charge in [-0.3, -0.25) is 13.8 Å². The molecule has 0 aromatic heterocycles. The number of carbonyl (C=O) groups excluding carboxylic acids is 1. The number of rotatable bonds is 11. The van der Waals surface area contributed by atoms with E-state index in [1.54, 1.807) is 0 Å². The van der Waals surface area contributed by atoms with Crippen LogP contribution in [0.15, 0.2) is 18.2 Å². The number of nitrogens with zero attached hydrogens (tertiary/aromatic N) is 1. The minimum atomic E-state index is -4.19. The number of carbonyl (C=O) groups is 1. The molecule has 0 radical (unpaired) electrons. The van der Waals surface area contributed by atoms with E-state index in [1.807, 2.05) is 67.0 Å². The Labute approximate surface area is 168 Å².